The van der Waals surface area contributed by atoms with Gasteiger partial charge in [-0.2, -0.15) is 4.98 Å². The highest BCUT2D eigenvalue weighted by molar-refractivity contribution is 7.91. The van der Waals surface area contributed by atoms with Crippen LogP contribution in [-0.2, 0) is 9.84 Å². The first-order chi connectivity index (χ1) is 9.35. The monoisotopic (exact) mass is 298 g/mol. The van der Waals surface area contributed by atoms with E-state index in [1.807, 2.05) is 0 Å². The molecule has 1 aliphatic heterocycles. The molecule has 1 saturated carbocycles. The van der Waals surface area contributed by atoms with E-state index in [0.717, 1.165) is 12.8 Å². The van der Waals surface area contributed by atoms with E-state index >= 15 is 0 Å². The molecule has 112 valence electrons. The van der Waals surface area contributed by atoms with Crippen LogP contribution in [0.1, 0.15) is 69.5 Å². The van der Waals surface area contributed by atoms with E-state index in [9.17, 15) is 8.42 Å². The van der Waals surface area contributed by atoms with Crippen molar-refractivity contribution < 1.29 is 12.9 Å². The van der Waals surface area contributed by atoms with Gasteiger partial charge in [-0.1, -0.05) is 19.0 Å². The van der Waals surface area contributed by atoms with Gasteiger partial charge >= 0.3 is 0 Å². The number of hydrogen-bond acceptors (Lipinski definition) is 5. The number of nitrogens with zero attached hydrogens (tertiary/aromatic N) is 2. The standard InChI is InChI=1S/C14H22N2O3S/c1-14(2)6-3-10(4-7-14)13-15-12(16-19-13)11-5-8-20(17,18)9-11/h10-11H,3-9H2,1-2H3/t11-/m0/s1. The van der Waals surface area contributed by atoms with Gasteiger partial charge in [-0.3, -0.25) is 0 Å². The third-order valence-corrected chi connectivity index (χ3v) is 6.51. The summed E-state index contributed by atoms with van der Waals surface area (Å²) in [5, 5.41) is 4.02. The van der Waals surface area contributed by atoms with Gasteiger partial charge in [-0.05, 0) is 37.5 Å². The van der Waals surface area contributed by atoms with Crippen LogP contribution in [0, 0.1) is 5.41 Å². The Hall–Kier alpha value is -0.910. The maximum atomic E-state index is 11.5. The minimum Gasteiger partial charge on any atom is -0.339 e. The molecule has 0 unspecified atom stereocenters. The van der Waals surface area contributed by atoms with E-state index < -0.39 is 9.84 Å². The van der Waals surface area contributed by atoms with Crippen LogP contribution in [-0.4, -0.2) is 30.1 Å². The average molecular weight is 298 g/mol. The molecule has 2 fully saturated rings. The molecule has 1 aliphatic carbocycles. The third-order valence-electron chi connectivity index (χ3n) is 4.74. The van der Waals surface area contributed by atoms with Gasteiger partial charge in [0, 0.05) is 11.8 Å². The first-order valence-corrected chi connectivity index (χ1v) is 9.21. The Kier molecular flexibility index (Phi) is 3.39. The van der Waals surface area contributed by atoms with Crippen molar-refractivity contribution in [2.75, 3.05) is 11.5 Å². The van der Waals surface area contributed by atoms with Crippen molar-refractivity contribution in [3.63, 3.8) is 0 Å². The number of aromatic nitrogens is 2. The summed E-state index contributed by atoms with van der Waals surface area (Å²) in [4.78, 5) is 4.49. The van der Waals surface area contributed by atoms with Gasteiger partial charge in [0.1, 0.15) is 0 Å². The molecule has 2 heterocycles. The largest absolute Gasteiger partial charge is 0.339 e. The lowest BCUT2D eigenvalue weighted by Gasteiger charge is -2.32. The molecule has 0 spiro atoms. The fraction of sp³-hybridized carbons (Fsp3) is 0.857. The fourth-order valence-corrected chi connectivity index (χ4v) is 4.96. The summed E-state index contributed by atoms with van der Waals surface area (Å²) in [7, 11) is -2.90. The SMILES string of the molecule is CC1(C)CCC(c2nc([C@H]3CCS(=O)(=O)C3)no2)CC1. The van der Waals surface area contributed by atoms with Crippen molar-refractivity contribution in [2.24, 2.45) is 5.41 Å². The second-order valence-corrected chi connectivity index (χ2v) is 9.26. The Morgan fingerprint density at radius 1 is 1.15 bits per heavy atom. The van der Waals surface area contributed by atoms with Crippen LogP contribution in [0.4, 0.5) is 0 Å². The minimum atomic E-state index is -2.90. The smallest absolute Gasteiger partial charge is 0.229 e. The summed E-state index contributed by atoms with van der Waals surface area (Å²) in [6.45, 7) is 4.59. The van der Waals surface area contributed by atoms with Crippen molar-refractivity contribution >= 4 is 9.84 Å². The van der Waals surface area contributed by atoms with Crippen molar-refractivity contribution in [1.29, 1.82) is 0 Å². The van der Waals surface area contributed by atoms with Gasteiger partial charge in [0.2, 0.25) is 5.89 Å². The topological polar surface area (TPSA) is 73.1 Å². The highest BCUT2D eigenvalue weighted by atomic mass is 32.2. The van der Waals surface area contributed by atoms with Crippen LogP contribution in [0.25, 0.3) is 0 Å². The lowest BCUT2D eigenvalue weighted by molar-refractivity contribution is 0.202. The lowest BCUT2D eigenvalue weighted by Crippen LogP contribution is -2.20. The number of hydrogen-bond donors (Lipinski definition) is 0. The van der Waals surface area contributed by atoms with Gasteiger partial charge in [-0.15, -0.1) is 0 Å². The van der Waals surface area contributed by atoms with E-state index in [0.29, 0.717) is 29.5 Å². The Labute approximate surface area is 120 Å². The molecule has 6 heteroatoms. The highest BCUT2D eigenvalue weighted by Gasteiger charge is 2.34. The van der Waals surface area contributed by atoms with Gasteiger partial charge in [-0.25, -0.2) is 8.42 Å². The van der Waals surface area contributed by atoms with Gasteiger partial charge in [0.05, 0.1) is 11.5 Å². The summed E-state index contributed by atoms with van der Waals surface area (Å²) in [5.74, 6) is 1.99. The van der Waals surface area contributed by atoms with Crippen LogP contribution in [0.15, 0.2) is 4.52 Å². The predicted molar refractivity (Wildman–Crippen MR) is 75.3 cm³/mol. The van der Waals surface area contributed by atoms with E-state index in [1.54, 1.807) is 0 Å². The van der Waals surface area contributed by atoms with E-state index in [2.05, 4.69) is 24.0 Å². The zero-order valence-electron chi connectivity index (χ0n) is 12.1. The van der Waals surface area contributed by atoms with Gasteiger partial charge in [0.25, 0.3) is 0 Å². The molecule has 0 radical (unpaired) electrons. The van der Waals surface area contributed by atoms with Crippen molar-refractivity contribution in [3.05, 3.63) is 11.7 Å². The predicted octanol–water partition coefficient (Wildman–Crippen LogP) is 2.66. The minimum absolute atomic E-state index is 0.0717. The number of sulfone groups is 1. The van der Waals surface area contributed by atoms with Gasteiger partial charge in [0.15, 0.2) is 15.7 Å². The molecule has 1 saturated heterocycles. The number of rotatable bonds is 2. The first kappa shape index (κ1) is 14.0. The molecule has 0 aromatic carbocycles. The van der Waals surface area contributed by atoms with Crippen LogP contribution in [0.5, 0.6) is 0 Å². The molecule has 20 heavy (non-hydrogen) atoms. The van der Waals surface area contributed by atoms with Crippen molar-refractivity contribution in [2.45, 2.75) is 57.8 Å². The van der Waals surface area contributed by atoms with Crippen LogP contribution in [0.3, 0.4) is 0 Å². The van der Waals surface area contributed by atoms with Crippen LogP contribution in [0.2, 0.25) is 0 Å². The normalized spacial score (nSPS) is 29.6. The molecular weight excluding hydrogens is 276 g/mol. The highest BCUT2D eigenvalue weighted by Crippen LogP contribution is 2.42. The second-order valence-electron chi connectivity index (χ2n) is 7.03. The van der Waals surface area contributed by atoms with E-state index in [-0.39, 0.29) is 17.4 Å². The van der Waals surface area contributed by atoms with Crippen molar-refractivity contribution in [1.82, 2.24) is 10.1 Å². The molecule has 1 atom stereocenters. The zero-order chi connectivity index (χ0) is 14.4. The molecule has 3 rings (SSSR count). The molecule has 1 aromatic rings. The Morgan fingerprint density at radius 3 is 2.45 bits per heavy atom. The first-order valence-electron chi connectivity index (χ1n) is 7.39. The zero-order valence-corrected chi connectivity index (χ0v) is 12.9. The molecule has 0 bridgehead atoms. The maximum absolute atomic E-state index is 11.5. The van der Waals surface area contributed by atoms with Crippen molar-refractivity contribution in [3.8, 4) is 0 Å². The molecule has 0 N–H and O–H groups in total. The summed E-state index contributed by atoms with van der Waals surface area (Å²) in [5.41, 5.74) is 0.416. The maximum Gasteiger partial charge on any atom is 0.229 e. The third kappa shape index (κ3) is 2.90. The Morgan fingerprint density at radius 2 is 1.85 bits per heavy atom. The van der Waals surface area contributed by atoms with E-state index in [4.69, 9.17) is 4.52 Å². The average Bonchev–Trinajstić information content (AvgIpc) is 2.95. The summed E-state index contributed by atoms with van der Waals surface area (Å²) in [6, 6.07) is 0. The lowest BCUT2D eigenvalue weighted by atomic mass is 9.73. The molecular formula is C14H22N2O3S. The Bertz CT molecular complexity index is 581. The molecule has 0 amide bonds. The molecule has 1 aromatic heterocycles. The summed E-state index contributed by atoms with van der Waals surface area (Å²) in [6.07, 6.45) is 5.13. The Balaban J connectivity index is 1.69. The summed E-state index contributed by atoms with van der Waals surface area (Å²) >= 11 is 0. The van der Waals surface area contributed by atoms with Crippen LogP contribution >= 0.6 is 0 Å². The van der Waals surface area contributed by atoms with Crippen LogP contribution < -0.4 is 0 Å². The quantitative estimate of drug-likeness (QED) is 0.839. The second kappa shape index (κ2) is 4.83. The van der Waals surface area contributed by atoms with E-state index in [1.165, 1.54) is 12.8 Å². The molecule has 5 nitrogen and oxygen atoms in total. The van der Waals surface area contributed by atoms with Gasteiger partial charge < -0.3 is 4.52 Å². The summed E-state index contributed by atoms with van der Waals surface area (Å²) < 4.78 is 28.4. The molecule has 2 aliphatic rings. The fourth-order valence-electron chi connectivity index (χ4n) is 3.22.